The second-order valence-electron chi connectivity index (χ2n) is 2.71. The summed E-state index contributed by atoms with van der Waals surface area (Å²) in [6.07, 6.45) is 0. The molecule has 0 aliphatic rings. The summed E-state index contributed by atoms with van der Waals surface area (Å²) in [5, 5.41) is 0.642. The Morgan fingerprint density at radius 1 is 1.33 bits per heavy atom. The summed E-state index contributed by atoms with van der Waals surface area (Å²) >= 11 is 5.86. The van der Waals surface area contributed by atoms with Crippen LogP contribution in [0.3, 0.4) is 0 Å². The minimum atomic E-state index is 0.642. The van der Waals surface area contributed by atoms with E-state index in [0.717, 1.165) is 5.69 Å². The molecule has 12 heavy (non-hydrogen) atoms. The van der Waals surface area contributed by atoms with Crippen LogP contribution in [-0.4, -0.2) is 21.2 Å². The predicted octanol–water partition coefficient (Wildman–Crippen LogP) is 2.41. The van der Waals surface area contributed by atoms with Gasteiger partial charge < -0.3 is 9.64 Å². The van der Waals surface area contributed by atoms with E-state index in [1.165, 1.54) is 0 Å². The van der Waals surface area contributed by atoms with Crippen LogP contribution in [0.25, 0.3) is 0 Å². The third kappa shape index (κ3) is 1.83. The Morgan fingerprint density at radius 2 is 2.00 bits per heavy atom. The number of methoxy groups -OCH3 is 1. The van der Waals surface area contributed by atoms with Crippen molar-refractivity contribution in [3.05, 3.63) is 23.2 Å². The third-order valence-corrected chi connectivity index (χ3v) is 1.96. The van der Waals surface area contributed by atoms with Crippen molar-refractivity contribution in [2.75, 3.05) is 26.1 Å². The average Bonchev–Trinajstić information content (AvgIpc) is 2.05. The van der Waals surface area contributed by atoms with Crippen LogP contribution in [0.15, 0.2) is 18.2 Å². The first-order chi connectivity index (χ1) is 5.65. The first kappa shape index (κ1) is 9.20. The Balaban J connectivity index is 3.05. The number of hydrogen-bond donors (Lipinski definition) is 0. The smallest absolute Gasteiger partial charge is 0.139 e. The maximum atomic E-state index is 5.86. The highest BCUT2D eigenvalue weighted by atomic mass is 35.5. The Bertz CT molecular complexity index is 273. The molecule has 0 amide bonds. The van der Waals surface area contributed by atoms with E-state index in [-0.39, 0.29) is 0 Å². The van der Waals surface area contributed by atoms with Crippen molar-refractivity contribution in [1.82, 2.24) is 0 Å². The van der Waals surface area contributed by atoms with Gasteiger partial charge in [-0.05, 0) is 12.1 Å². The topological polar surface area (TPSA) is 12.5 Å². The van der Waals surface area contributed by atoms with Crippen molar-refractivity contribution >= 4 is 17.3 Å². The van der Waals surface area contributed by atoms with Crippen LogP contribution in [0.4, 0.5) is 5.69 Å². The van der Waals surface area contributed by atoms with Crippen molar-refractivity contribution in [1.29, 1.82) is 0 Å². The average molecular weight is 186 g/mol. The summed E-state index contributed by atoms with van der Waals surface area (Å²) in [7, 11) is 5.56. The molecule has 0 N–H and O–H groups in total. The van der Waals surface area contributed by atoms with E-state index in [4.69, 9.17) is 16.3 Å². The molecule has 0 unspecified atom stereocenters. The van der Waals surface area contributed by atoms with Gasteiger partial charge in [-0.2, -0.15) is 0 Å². The fraction of sp³-hybridized carbons (Fsp3) is 0.333. The Hall–Kier alpha value is -0.890. The number of anilines is 1. The maximum absolute atomic E-state index is 5.86. The lowest BCUT2D eigenvalue weighted by atomic mass is 10.3. The SMILES string of the molecule is COc1cc(N(C)C)ccc1Cl. The molecule has 1 rings (SSSR count). The lowest BCUT2D eigenvalue weighted by molar-refractivity contribution is 0.415. The highest BCUT2D eigenvalue weighted by Crippen LogP contribution is 2.28. The van der Waals surface area contributed by atoms with Crippen LogP contribution >= 0.6 is 11.6 Å². The van der Waals surface area contributed by atoms with E-state index in [0.29, 0.717) is 10.8 Å². The summed E-state index contributed by atoms with van der Waals surface area (Å²) in [5.41, 5.74) is 1.08. The van der Waals surface area contributed by atoms with Crippen molar-refractivity contribution in [3.63, 3.8) is 0 Å². The molecule has 0 aliphatic carbocycles. The number of rotatable bonds is 2. The van der Waals surface area contributed by atoms with Crippen LogP contribution < -0.4 is 9.64 Å². The molecule has 0 saturated heterocycles. The summed E-state index contributed by atoms with van der Waals surface area (Å²) in [6.45, 7) is 0. The molecule has 0 bridgehead atoms. The number of halogens is 1. The van der Waals surface area contributed by atoms with E-state index in [2.05, 4.69) is 0 Å². The molecular weight excluding hydrogens is 174 g/mol. The Morgan fingerprint density at radius 3 is 2.50 bits per heavy atom. The third-order valence-electron chi connectivity index (χ3n) is 1.65. The van der Waals surface area contributed by atoms with E-state index < -0.39 is 0 Å². The monoisotopic (exact) mass is 185 g/mol. The number of nitrogens with zero attached hydrogens (tertiary/aromatic N) is 1. The summed E-state index contributed by atoms with van der Waals surface area (Å²) in [6, 6.07) is 5.68. The molecule has 0 saturated carbocycles. The minimum Gasteiger partial charge on any atom is -0.495 e. The summed E-state index contributed by atoms with van der Waals surface area (Å²) in [4.78, 5) is 2.00. The van der Waals surface area contributed by atoms with E-state index in [1.807, 2.05) is 37.2 Å². The molecule has 66 valence electrons. The van der Waals surface area contributed by atoms with Gasteiger partial charge in [0.05, 0.1) is 12.1 Å². The van der Waals surface area contributed by atoms with E-state index >= 15 is 0 Å². The van der Waals surface area contributed by atoms with Gasteiger partial charge in [-0.25, -0.2) is 0 Å². The van der Waals surface area contributed by atoms with Gasteiger partial charge in [0.2, 0.25) is 0 Å². The zero-order valence-electron chi connectivity index (χ0n) is 7.47. The zero-order valence-corrected chi connectivity index (χ0v) is 8.22. The van der Waals surface area contributed by atoms with Crippen LogP contribution in [0.2, 0.25) is 5.02 Å². The molecule has 3 heteroatoms. The van der Waals surface area contributed by atoms with Crippen LogP contribution in [0.5, 0.6) is 5.75 Å². The van der Waals surface area contributed by atoms with Crippen LogP contribution in [0.1, 0.15) is 0 Å². The largest absolute Gasteiger partial charge is 0.495 e. The second kappa shape index (κ2) is 3.68. The molecule has 0 aliphatic heterocycles. The molecule has 0 aromatic heterocycles. The quantitative estimate of drug-likeness (QED) is 0.702. The molecular formula is C9H12ClNO. The van der Waals surface area contributed by atoms with Gasteiger partial charge in [-0.15, -0.1) is 0 Å². The molecule has 0 atom stereocenters. The van der Waals surface area contributed by atoms with Gasteiger partial charge in [0, 0.05) is 25.8 Å². The fourth-order valence-corrected chi connectivity index (χ4v) is 1.12. The lowest BCUT2D eigenvalue weighted by Gasteiger charge is -2.13. The molecule has 2 nitrogen and oxygen atoms in total. The van der Waals surface area contributed by atoms with Gasteiger partial charge in [-0.1, -0.05) is 11.6 Å². The summed E-state index contributed by atoms with van der Waals surface area (Å²) < 4.78 is 5.08. The maximum Gasteiger partial charge on any atom is 0.139 e. The number of hydrogen-bond acceptors (Lipinski definition) is 2. The normalized spacial score (nSPS) is 9.67. The molecule has 1 aromatic carbocycles. The minimum absolute atomic E-state index is 0.642. The van der Waals surface area contributed by atoms with E-state index in [9.17, 15) is 0 Å². The Labute approximate surface area is 77.7 Å². The fourth-order valence-electron chi connectivity index (χ4n) is 0.927. The van der Waals surface area contributed by atoms with Crippen molar-refractivity contribution < 1.29 is 4.74 Å². The first-order valence-corrected chi connectivity index (χ1v) is 4.04. The highest BCUT2D eigenvalue weighted by molar-refractivity contribution is 6.32. The predicted molar refractivity (Wildman–Crippen MR) is 52.3 cm³/mol. The second-order valence-corrected chi connectivity index (χ2v) is 3.12. The van der Waals surface area contributed by atoms with Gasteiger partial charge in [-0.3, -0.25) is 0 Å². The highest BCUT2D eigenvalue weighted by Gasteiger charge is 2.02. The van der Waals surface area contributed by atoms with E-state index in [1.54, 1.807) is 7.11 Å². The van der Waals surface area contributed by atoms with Crippen molar-refractivity contribution in [2.24, 2.45) is 0 Å². The zero-order chi connectivity index (χ0) is 9.14. The number of ether oxygens (including phenoxy) is 1. The van der Waals surface area contributed by atoms with Gasteiger partial charge in [0.15, 0.2) is 0 Å². The summed E-state index contributed by atoms with van der Waals surface area (Å²) in [5.74, 6) is 0.711. The van der Waals surface area contributed by atoms with Crippen LogP contribution in [0, 0.1) is 0 Å². The first-order valence-electron chi connectivity index (χ1n) is 3.66. The van der Waals surface area contributed by atoms with Crippen molar-refractivity contribution in [3.8, 4) is 5.75 Å². The lowest BCUT2D eigenvalue weighted by Crippen LogP contribution is -2.08. The van der Waals surface area contributed by atoms with Gasteiger partial charge in [0.1, 0.15) is 5.75 Å². The Kier molecular flexibility index (Phi) is 2.82. The van der Waals surface area contributed by atoms with Gasteiger partial charge >= 0.3 is 0 Å². The van der Waals surface area contributed by atoms with Crippen molar-refractivity contribution in [2.45, 2.75) is 0 Å². The molecule has 0 radical (unpaired) electrons. The molecule has 1 aromatic rings. The molecule has 0 fully saturated rings. The standard InChI is InChI=1S/C9H12ClNO/c1-11(2)7-4-5-8(10)9(6-7)12-3/h4-6H,1-3H3. The molecule has 0 heterocycles. The van der Waals surface area contributed by atoms with Crippen LogP contribution in [-0.2, 0) is 0 Å². The number of benzene rings is 1. The molecule has 0 spiro atoms. The van der Waals surface area contributed by atoms with Gasteiger partial charge in [0.25, 0.3) is 0 Å².